The van der Waals surface area contributed by atoms with E-state index < -0.39 is 0 Å². The first-order valence-electron chi connectivity index (χ1n) is 6.85. The van der Waals surface area contributed by atoms with Gasteiger partial charge in [0.05, 0.1) is 11.6 Å². The minimum atomic E-state index is 0.591. The standard InChI is InChI=1S/C15H21BrCl2O/c1-2-3-4-5-6-7-8-19-15-12(11-16)9-13(17)10-14(15)18/h9-10H,2-8,11H2,1H3. The van der Waals surface area contributed by atoms with Crippen molar-refractivity contribution in [2.24, 2.45) is 0 Å². The number of benzene rings is 1. The molecule has 0 radical (unpaired) electrons. The predicted molar refractivity (Wildman–Crippen MR) is 88.0 cm³/mol. The average molecular weight is 368 g/mol. The Balaban J connectivity index is 2.36. The van der Waals surface area contributed by atoms with E-state index in [4.69, 9.17) is 27.9 Å². The summed E-state index contributed by atoms with van der Waals surface area (Å²) in [5, 5.41) is 1.93. The second kappa shape index (κ2) is 9.90. The zero-order chi connectivity index (χ0) is 14.1. The molecule has 0 aliphatic rings. The normalized spacial score (nSPS) is 10.7. The summed E-state index contributed by atoms with van der Waals surface area (Å²) in [6.07, 6.45) is 7.52. The number of alkyl halides is 1. The smallest absolute Gasteiger partial charge is 0.142 e. The Morgan fingerprint density at radius 1 is 1.05 bits per heavy atom. The van der Waals surface area contributed by atoms with Gasteiger partial charge in [0.25, 0.3) is 0 Å². The molecule has 0 spiro atoms. The van der Waals surface area contributed by atoms with Crippen LogP contribution < -0.4 is 4.74 Å². The third-order valence-electron chi connectivity index (χ3n) is 2.97. The van der Waals surface area contributed by atoms with Crippen LogP contribution in [0.15, 0.2) is 12.1 Å². The molecule has 1 nitrogen and oxygen atoms in total. The highest BCUT2D eigenvalue weighted by molar-refractivity contribution is 9.08. The lowest BCUT2D eigenvalue weighted by Gasteiger charge is -2.12. The number of ether oxygens (including phenoxy) is 1. The molecule has 0 aliphatic carbocycles. The van der Waals surface area contributed by atoms with Crippen molar-refractivity contribution in [2.75, 3.05) is 6.61 Å². The van der Waals surface area contributed by atoms with Crippen LogP contribution >= 0.6 is 39.1 Å². The molecule has 0 N–H and O–H groups in total. The lowest BCUT2D eigenvalue weighted by molar-refractivity contribution is 0.302. The third kappa shape index (κ3) is 6.37. The van der Waals surface area contributed by atoms with Gasteiger partial charge in [0.2, 0.25) is 0 Å². The van der Waals surface area contributed by atoms with Crippen LogP contribution in [0.2, 0.25) is 10.0 Å². The van der Waals surface area contributed by atoms with Crippen molar-refractivity contribution in [3.8, 4) is 5.75 Å². The minimum absolute atomic E-state index is 0.591. The Bertz CT molecular complexity index is 383. The van der Waals surface area contributed by atoms with Gasteiger partial charge in [-0.25, -0.2) is 0 Å². The maximum atomic E-state index is 6.16. The molecule has 0 aromatic heterocycles. The van der Waals surface area contributed by atoms with Crippen molar-refractivity contribution in [1.82, 2.24) is 0 Å². The number of hydrogen-bond donors (Lipinski definition) is 0. The van der Waals surface area contributed by atoms with E-state index in [0.717, 1.165) is 17.7 Å². The Morgan fingerprint density at radius 2 is 1.74 bits per heavy atom. The van der Waals surface area contributed by atoms with Gasteiger partial charge in [-0.2, -0.15) is 0 Å². The van der Waals surface area contributed by atoms with E-state index in [-0.39, 0.29) is 0 Å². The summed E-state index contributed by atoms with van der Waals surface area (Å²) in [7, 11) is 0. The second-order valence-electron chi connectivity index (χ2n) is 4.63. The molecule has 1 rings (SSSR count). The third-order valence-corrected chi connectivity index (χ3v) is 4.08. The average Bonchev–Trinajstić information content (AvgIpc) is 2.39. The summed E-state index contributed by atoms with van der Waals surface area (Å²) in [6.45, 7) is 2.95. The van der Waals surface area contributed by atoms with E-state index in [1.54, 1.807) is 6.07 Å². The topological polar surface area (TPSA) is 9.23 Å². The summed E-state index contributed by atoms with van der Waals surface area (Å²) in [5.41, 5.74) is 1.00. The zero-order valence-electron chi connectivity index (χ0n) is 11.4. The van der Waals surface area contributed by atoms with Gasteiger partial charge >= 0.3 is 0 Å². The maximum absolute atomic E-state index is 6.16. The van der Waals surface area contributed by atoms with Gasteiger partial charge in [0.15, 0.2) is 0 Å². The molecule has 0 amide bonds. The van der Waals surface area contributed by atoms with Crippen molar-refractivity contribution in [3.63, 3.8) is 0 Å². The lowest BCUT2D eigenvalue weighted by atomic mass is 10.1. The van der Waals surface area contributed by atoms with E-state index in [1.807, 2.05) is 6.07 Å². The van der Waals surface area contributed by atoms with E-state index in [9.17, 15) is 0 Å². The number of halogens is 3. The monoisotopic (exact) mass is 366 g/mol. The second-order valence-corrected chi connectivity index (χ2v) is 6.03. The highest BCUT2D eigenvalue weighted by Crippen LogP contribution is 2.33. The molecule has 0 aliphatic heterocycles. The van der Waals surface area contributed by atoms with Gasteiger partial charge in [-0.3, -0.25) is 0 Å². The number of unbranched alkanes of at least 4 members (excludes halogenated alkanes) is 5. The molecule has 0 bridgehead atoms. The fourth-order valence-electron chi connectivity index (χ4n) is 1.93. The van der Waals surface area contributed by atoms with Gasteiger partial charge in [0.1, 0.15) is 5.75 Å². The minimum Gasteiger partial charge on any atom is -0.492 e. The molecule has 1 aromatic rings. The molecule has 0 saturated heterocycles. The first-order chi connectivity index (χ1) is 9.19. The summed E-state index contributed by atoms with van der Waals surface area (Å²) >= 11 is 15.6. The van der Waals surface area contributed by atoms with Crippen molar-refractivity contribution >= 4 is 39.1 Å². The lowest BCUT2D eigenvalue weighted by Crippen LogP contribution is -2.00. The van der Waals surface area contributed by atoms with E-state index in [1.165, 1.54) is 32.1 Å². The maximum Gasteiger partial charge on any atom is 0.142 e. The van der Waals surface area contributed by atoms with Crippen molar-refractivity contribution < 1.29 is 4.74 Å². The molecule has 4 heteroatoms. The van der Waals surface area contributed by atoms with Crippen LogP contribution in [-0.4, -0.2) is 6.61 Å². The van der Waals surface area contributed by atoms with Crippen LogP contribution in [0.5, 0.6) is 5.75 Å². The Labute approximate surface area is 134 Å². The van der Waals surface area contributed by atoms with Gasteiger partial charge in [-0.1, -0.05) is 78.2 Å². The zero-order valence-corrected chi connectivity index (χ0v) is 14.5. The fraction of sp³-hybridized carbons (Fsp3) is 0.600. The van der Waals surface area contributed by atoms with Crippen LogP contribution in [0.25, 0.3) is 0 Å². The summed E-state index contributed by atoms with van der Waals surface area (Å²) in [5.74, 6) is 0.761. The van der Waals surface area contributed by atoms with E-state index >= 15 is 0 Å². The highest BCUT2D eigenvalue weighted by Gasteiger charge is 2.09. The summed E-state index contributed by atoms with van der Waals surface area (Å²) < 4.78 is 5.80. The molecule has 0 fully saturated rings. The van der Waals surface area contributed by atoms with Crippen LogP contribution in [-0.2, 0) is 5.33 Å². The van der Waals surface area contributed by atoms with Gasteiger partial charge in [0, 0.05) is 15.9 Å². The Morgan fingerprint density at radius 3 is 2.42 bits per heavy atom. The van der Waals surface area contributed by atoms with E-state index in [2.05, 4.69) is 22.9 Å². The molecule has 19 heavy (non-hydrogen) atoms. The Hall–Kier alpha value is 0.0800. The number of rotatable bonds is 9. The van der Waals surface area contributed by atoms with Crippen molar-refractivity contribution in [1.29, 1.82) is 0 Å². The summed E-state index contributed by atoms with van der Waals surface area (Å²) in [4.78, 5) is 0. The van der Waals surface area contributed by atoms with Gasteiger partial charge in [-0.15, -0.1) is 0 Å². The Kier molecular flexibility index (Phi) is 8.93. The molecule has 0 unspecified atom stereocenters. The fourth-order valence-corrected chi connectivity index (χ4v) is 2.94. The van der Waals surface area contributed by atoms with Gasteiger partial charge in [-0.05, 0) is 18.6 Å². The highest BCUT2D eigenvalue weighted by atomic mass is 79.9. The van der Waals surface area contributed by atoms with E-state index in [0.29, 0.717) is 22.0 Å². The van der Waals surface area contributed by atoms with Gasteiger partial charge < -0.3 is 4.74 Å². The molecule has 0 saturated carbocycles. The first-order valence-corrected chi connectivity index (χ1v) is 8.73. The van der Waals surface area contributed by atoms with Crippen LogP contribution in [0.1, 0.15) is 51.0 Å². The van der Waals surface area contributed by atoms with Crippen molar-refractivity contribution in [3.05, 3.63) is 27.7 Å². The molecule has 1 aromatic carbocycles. The van der Waals surface area contributed by atoms with Crippen LogP contribution in [0.4, 0.5) is 0 Å². The number of hydrogen-bond acceptors (Lipinski definition) is 1. The predicted octanol–water partition coefficient (Wildman–Crippen LogP) is 6.63. The van der Waals surface area contributed by atoms with Crippen LogP contribution in [0, 0.1) is 0 Å². The largest absolute Gasteiger partial charge is 0.492 e. The quantitative estimate of drug-likeness (QED) is 0.351. The molecule has 0 atom stereocenters. The molecule has 108 valence electrons. The first kappa shape index (κ1) is 17.1. The molecular formula is C15H21BrCl2O. The van der Waals surface area contributed by atoms with Crippen molar-refractivity contribution in [2.45, 2.75) is 50.8 Å². The molecular weight excluding hydrogens is 347 g/mol. The summed E-state index contributed by atoms with van der Waals surface area (Å²) in [6, 6.07) is 3.62. The molecule has 0 heterocycles. The SMILES string of the molecule is CCCCCCCCOc1c(Cl)cc(Cl)cc1CBr. The van der Waals surface area contributed by atoms with Crippen LogP contribution in [0.3, 0.4) is 0 Å².